The molecular weight excluding hydrogens is 240 g/mol. The van der Waals surface area contributed by atoms with Gasteiger partial charge in [0.05, 0.1) is 11.8 Å². The lowest BCUT2D eigenvalue weighted by Gasteiger charge is -2.37. The number of rotatable bonds is 5. The summed E-state index contributed by atoms with van der Waals surface area (Å²) in [6.45, 7) is 3.92. The molecule has 0 atom stereocenters. The van der Waals surface area contributed by atoms with Gasteiger partial charge in [0.15, 0.2) is 0 Å². The highest BCUT2D eigenvalue weighted by Gasteiger charge is 2.34. The maximum absolute atomic E-state index is 12.0. The first-order chi connectivity index (χ1) is 8.98. The van der Waals surface area contributed by atoms with Gasteiger partial charge in [0.1, 0.15) is 5.75 Å². The number of carbonyl (C=O) groups excluding carboxylic acids is 1. The molecule has 0 heterocycles. The maximum Gasteiger partial charge on any atom is 0.226 e. The van der Waals surface area contributed by atoms with Gasteiger partial charge in [-0.25, -0.2) is 0 Å². The summed E-state index contributed by atoms with van der Waals surface area (Å²) in [4.78, 5) is 12.0. The zero-order chi connectivity index (χ0) is 13.9. The van der Waals surface area contributed by atoms with Gasteiger partial charge in [0, 0.05) is 12.0 Å². The van der Waals surface area contributed by atoms with Crippen molar-refractivity contribution in [3.05, 3.63) is 24.3 Å². The van der Waals surface area contributed by atoms with Crippen molar-refractivity contribution in [2.24, 2.45) is 5.73 Å². The zero-order valence-corrected chi connectivity index (χ0v) is 11.6. The Morgan fingerprint density at radius 2 is 2.11 bits per heavy atom. The van der Waals surface area contributed by atoms with Gasteiger partial charge in [-0.05, 0) is 45.2 Å². The minimum atomic E-state index is -0.294. The van der Waals surface area contributed by atoms with Crippen molar-refractivity contribution in [2.45, 2.75) is 51.2 Å². The first-order valence-corrected chi connectivity index (χ1v) is 6.83. The Kier molecular flexibility index (Phi) is 4.10. The quantitative estimate of drug-likeness (QED) is 0.857. The molecule has 2 rings (SSSR count). The van der Waals surface area contributed by atoms with Crippen LogP contribution in [0.1, 0.15) is 39.5 Å². The van der Waals surface area contributed by atoms with Gasteiger partial charge >= 0.3 is 0 Å². The molecule has 3 N–H and O–H groups in total. The number of anilines is 1. The summed E-state index contributed by atoms with van der Waals surface area (Å²) < 4.78 is 5.67. The first-order valence-electron chi connectivity index (χ1n) is 6.83. The predicted octanol–water partition coefficient (Wildman–Crippen LogP) is 2.68. The first kappa shape index (κ1) is 13.9. The van der Waals surface area contributed by atoms with Crippen LogP contribution in [-0.4, -0.2) is 17.6 Å². The third kappa shape index (κ3) is 3.70. The third-order valence-electron chi connectivity index (χ3n) is 3.39. The van der Waals surface area contributed by atoms with E-state index in [4.69, 9.17) is 10.5 Å². The van der Waals surface area contributed by atoms with Crippen LogP contribution in [0.3, 0.4) is 0 Å². The molecule has 19 heavy (non-hydrogen) atoms. The van der Waals surface area contributed by atoms with Crippen LogP contribution >= 0.6 is 0 Å². The van der Waals surface area contributed by atoms with E-state index in [0.717, 1.165) is 19.3 Å². The number of ether oxygens (including phenoxy) is 1. The fourth-order valence-corrected chi connectivity index (χ4v) is 2.25. The summed E-state index contributed by atoms with van der Waals surface area (Å²) in [7, 11) is 0. The number of para-hydroxylation sites is 2. The Morgan fingerprint density at radius 1 is 1.42 bits per heavy atom. The molecule has 0 aromatic heterocycles. The molecule has 0 spiro atoms. The molecule has 1 aromatic rings. The smallest absolute Gasteiger partial charge is 0.226 e. The summed E-state index contributed by atoms with van der Waals surface area (Å²) in [6.07, 6.45) is 3.44. The Labute approximate surface area is 114 Å². The average molecular weight is 262 g/mol. The van der Waals surface area contributed by atoms with Crippen LogP contribution in [-0.2, 0) is 4.79 Å². The monoisotopic (exact) mass is 262 g/mol. The van der Waals surface area contributed by atoms with E-state index in [1.54, 1.807) is 0 Å². The van der Waals surface area contributed by atoms with E-state index in [0.29, 0.717) is 17.9 Å². The molecule has 1 fully saturated rings. The van der Waals surface area contributed by atoms with Crippen molar-refractivity contribution in [2.75, 3.05) is 5.32 Å². The highest BCUT2D eigenvalue weighted by Crippen LogP contribution is 2.33. The summed E-state index contributed by atoms with van der Waals surface area (Å²) in [6, 6.07) is 7.48. The van der Waals surface area contributed by atoms with E-state index in [1.807, 2.05) is 38.1 Å². The lowest BCUT2D eigenvalue weighted by Crippen LogP contribution is -2.48. The van der Waals surface area contributed by atoms with Crippen molar-refractivity contribution in [3.63, 3.8) is 0 Å². The van der Waals surface area contributed by atoms with Gasteiger partial charge in [-0.3, -0.25) is 4.79 Å². The Hall–Kier alpha value is -1.55. The predicted molar refractivity (Wildman–Crippen MR) is 76.2 cm³/mol. The molecule has 0 unspecified atom stereocenters. The molecule has 1 saturated carbocycles. The van der Waals surface area contributed by atoms with Crippen molar-refractivity contribution < 1.29 is 9.53 Å². The van der Waals surface area contributed by atoms with Gasteiger partial charge in [-0.1, -0.05) is 12.1 Å². The number of benzene rings is 1. The van der Waals surface area contributed by atoms with Gasteiger partial charge in [0.25, 0.3) is 0 Å². The van der Waals surface area contributed by atoms with Gasteiger partial charge < -0.3 is 15.8 Å². The van der Waals surface area contributed by atoms with E-state index < -0.39 is 0 Å². The van der Waals surface area contributed by atoms with Crippen LogP contribution < -0.4 is 15.8 Å². The minimum Gasteiger partial charge on any atom is -0.489 e. The Bertz CT molecular complexity index is 453. The molecule has 0 aliphatic heterocycles. The summed E-state index contributed by atoms with van der Waals surface area (Å²) in [5.41, 5.74) is 6.50. The number of nitrogens with one attached hydrogen (secondary N) is 1. The van der Waals surface area contributed by atoms with E-state index in [1.165, 1.54) is 0 Å². The van der Waals surface area contributed by atoms with Crippen molar-refractivity contribution >= 4 is 11.6 Å². The molecule has 1 amide bonds. The van der Waals surface area contributed by atoms with E-state index in [9.17, 15) is 4.79 Å². The number of amides is 1. The highest BCUT2D eigenvalue weighted by atomic mass is 16.5. The lowest BCUT2D eigenvalue weighted by molar-refractivity contribution is -0.118. The molecule has 104 valence electrons. The Morgan fingerprint density at radius 3 is 2.68 bits per heavy atom. The number of carbonyl (C=O) groups is 1. The molecular formula is C15H22N2O2. The summed E-state index contributed by atoms with van der Waals surface area (Å²) in [5.74, 6) is 0.660. The SMILES string of the molecule is CC(C)Oc1ccccc1NC(=O)CC1(N)CCC1. The Balaban J connectivity index is 1.99. The van der Waals surface area contributed by atoms with Crippen LogP contribution in [0.5, 0.6) is 5.75 Å². The molecule has 1 aliphatic rings. The van der Waals surface area contributed by atoms with Crippen LogP contribution in [0.2, 0.25) is 0 Å². The second-order valence-corrected chi connectivity index (χ2v) is 5.60. The van der Waals surface area contributed by atoms with Crippen molar-refractivity contribution in [1.82, 2.24) is 0 Å². The lowest BCUT2D eigenvalue weighted by atomic mass is 9.75. The molecule has 4 heteroatoms. The molecule has 0 saturated heterocycles. The standard InChI is InChI=1S/C15H22N2O2/c1-11(2)19-13-7-4-3-6-12(13)17-14(18)10-15(16)8-5-9-15/h3-4,6-7,11H,5,8-10,16H2,1-2H3,(H,17,18). The van der Waals surface area contributed by atoms with Crippen LogP contribution in [0.15, 0.2) is 24.3 Å². The fraction of sp³-hybridized carbons (Fsp3) is 0.533. The van der Waals surface area contributed by atoms with E-state index in [2.05, 4.69) is 5.32 Å². The fourth-order valence-electron chi connectivity index (χ4n) is 2.25. The van der Waals surface area contributed by atoms with E-state index >= 15 is 0 Å². The maximum atomic E-state index is 12.0. The molecule has 1 aliphatic carbocycles. The minimum absolute atomic E-state index is 0.0398. The van der Waals surface area contributed by atoms with E-state index in [-0.39, 0.29) is 17.6 Å². The third-order valence-corrected chi connectivity index (χ3v) is 3.39. The highest BCUT2D eigenvalue weighted by molar-refractivity contribution is 5.93. The van der Waals surface area contributed by atoms with Crippen LogP contribution in [0.25, 0.3) is 0 Å². The zero-order valence-electron chi connectivity index (χ0n) is 11.6. The number of hydrogen-bond donors (Lipinski definition) is 2. The number of nitrogens with two attached hydrogens (primary N) is 1. The van der Waals surface area contributed by atoms with Crippen LogP contribution in [0, 0.1) is 0 Å². The van der Waals surface area contributed by atoms with Gasteiger partial charge in [-0.2, -0.15) is 0 Å². The van der Waals surface area contributed by atoms with Crippen molar-refractivity contribution in [3.8, 4) is 5.75 Å². The molecule has 4 nitrogen and oxygen atoms in total. The summed E-state index contributed by atoms with van der Waals surface area (Å²) >= 11 is 0. The molecule has 1 aromatic carbocycles. The molecule has 0 bridgehead atoms. The topological polar surface area (TPSA) is 64.3 Å². The van der Waals surface area contributed by atoms with Gasteiger partial charge in [-0.15, -0.1) is 0 Å². The van der Waals surface area contributed by atoms with Crippen molar-refractivity contribution in [1.29, 1.82) is 0 Å². The largest absolute Gasteiger partial charge is 0.489 e. The molecule has 0 radical (unpaired) electrons. The summed E-state index contributed by atoms with van der Waals surface area (Å²) in [5, 5.41) is 2.90. The second-order valence-electron chi connectivity index (χ2n) is 5.60. The normalized spacial score (nSPS) is 16.8. The van der Waals surface area contributed by atoms with Gasteiger partial charge in [0.2, 0.25) is 5.91 Å². The second kappa shape index (κ2) is 5.61. The van der Waals surface area contributed by atoms with Crippen LogP contribution in [0.4, 0.5) is 5.69 Å². The average Bonchev–Trinajstić information content (AvgIpc) is 2.29. The number of hydrogen-bond acceptors (Lipinski definition) is 3.